The van der Waals surface area contributed by atoms with Crippen molar-refractivity contribution >= 4 is 17.6 Å². The van der Waals surface area contributed by atoms with Gasteiger partial charge in [0.2, 0.25) is 5.91 Å². The van der Waals surface area contributed by atoms with E-state index in [1.54, 1.807) is 0 Å². The van der Waals surface area contributed by atoms with E-state index in [4.69, 9.17) is 5.11 Å². The molecule has 1 aromatic heterocycles. The van der Waals surface area contributed by atoms with Gasteiger partial charge in [-0.15, -0.1) is 5.10 Å². The van der Waals surface area contributed by atoms with Gasteiger partial charge in [0.1, 0.15) is 6.54 Å². The van der Waals surface area contributed by atoms with Gasteiger partial charge >= 0.3 is 5.97 Å². The van der Waals surface area contributed by atoms with Gasteiger partial charge in [-0.25, -0.2) is 4.68 Å². The topological polar surface area (TPSA) is 97.1 Å². The minimum Gasteiger partial charge on any atom is -0.481 e. The highest BCUT2D eigenvalue weighted by Crippen LogP contribution is 2.10. The van der Waals surface area contributed by atoms with Crippen molar-refractivity contribution in [3.63, 3.8) is 0 Å². The molecule has 7 heteroatoms. The summed E-state index contributed by atoms with van der Waals surface area (Å²) in [5.74, 6) is -1.27. The van der Waals surface area contributed by atoms with E-state index in [2.05, 4.69) is 22.6 Å². The van der Waals surface area contributed by atoms with Crippen molar-refractivity contribution in [2.24, 2.45) is 0 Å². The van der Waals surface area contributed by atoms with Crippen molar-refractivity contribution in [2.75, 3.05) is 5.32 Å². The number of carboxylic acid groups (broad SMARTS) is 1. The molecule has 7 nitrogen and oxygen atoms in total. The van der Waals surface area contributed by atoms with E-state index in [0.717, 1.165) is 6.42 Å². The third-order valence-electron chi connectivity index (χ3n) is 2.97. The molecule has 0 aliphatic heterocycles. The molecule has 2 aromatic rings. The lowest BCUT2D eigenvalue weighted by Gasteiger charge is -2.07. The van der Waals surface area contributed by atoms with Crippen LogP contribution in [0.25, 0.3) is 0 Å². The van der Waals surface area contributed by atoms with Crippen LogP contribution < -0.4 is 5.32 Å². The number of aliphatic carboxylic acids is 1. The lowest BCUT2D eigenvalue weighted by molar-refractivity contribution is -0.136. The summed E-state index contributed by atoms with van der Waals surface area (Å²) in [4.78, 5) is 22.6. The highest BCUT2D eigenvalue weighted by atomic mass is 16.4. The van der Waals surface area contributed by atoms with Crippen LogP contribution in [0.5, 0.6) is 0 Å². The highest BCUT2D eigenvalue weighted by Gasteiger charge is 2.11. The molecule has 0 atom stereocenters. The highest BCUT2D eigenvalue weighted by molar-refractivity contribution is 5.90. The lowest BCUT2D eigenvalue weighted by atomic mass is 10.1. The van der Waals surface area contributed by atoms with Crippen LogP contribution in [-0.2, 0) is 29.0 Å². The summed E-state index contributed by atoms with van der Waals surface area (Å²) in [5, 5.41) is 18.8. The molecular formula is C14H16N4O3. The minimum absolute atomic E-state index is 0.0713. The van der Waals surface area contributed by atoms with Crippen LogP contribution in [0.1, 0.15) is 18.2 Å². The zero-order valence-electron chi connectivity index (χ0n) is 11.6. The number of hydrogen-bond donors (Lipinski definition) is 2. The summed E-state index contributed by atoms with van der Waals surface area (Å²) in [6.07, 6.45) is 2.06. The van der Waals surface area contributed by atoms with Crippen molar-refractivity contribution < 1.29 is 14.7 Å². The first-order valence-electron chi connectivity index (χ1n) is 6.56. The molecule has 21 heavy (non-hydrogen) atoms. The van der Waals surface area contributed by atoms with E-state index >= 15 is 0 Å². The maximum atomic E-state index is 11.9. The molecule has 0 spiro atoms. The molecule has 2 N–H and O–H groups in total. The fraction of sp³-hybridized carbons (Fsp3) is 0.286. The Morgan fingerprint density at radius 3 is 2.62 bits per heavy atom. The Hall–Kier alpha value is -2.70. The van der Waals surface area contributed by atoms with Crippen LogP contribution >= 0.6 is 0 Å². The zero-order chi connectivity index (χ0) is 15.2. The number of hydrogen-bond acceptors (Lipinski definition) is 4. The average molecular weight is 288 g/mol. The number of rotatable bonds is 6. The number of anilines is 1. The van der Waals surface area contributed by atoms with Gasteiger partial charge in [-0.3, -0.25) is 9.59 Å². The van der Waals surface area contributed by atoms with Gasteiger partial charge in [-0.05, 0) is 24.1 Å². The van der Waals surface area contributed by atoms with Crippen molar-refractivity contribution in [3.05, 3.63) is 41.7 Å². The van der Waals surface area contributed by atoms with Crippen LogP contribution in [0.3, 0.4) is 0 Å². The standard InChI is InChI=1S/C14H16N4O3/c1-2-10-3-5-11(6-4-10)16-13(19)9-18-12(7-14(20)21)8-15-17-18/h3-6,8H,2,7,9H2,1H3,(H,16,19)(H,20,21). The van der Waals surface area contributed by atoms with E-state index < -0.39 is 5.97 Å². The first kappa shape index (κ1) is 14.7. The number of carbonyl (C=O) groups is 2. The second-order valence-electron chi connectivity index (χ2n) is 4.55. The van der Waals surface area contributed by atoms with E-state index in [9.17, 15) is 9.59 Å². The summed E-state index contributed by atoms with van der Waals surface area (Å²) in [6.45, 7) is 1.99. The van der Waals surface area contributed by atoms with E-state index in [0.29, 0.717) is 11.4 Å². The SMILES string of the molecule is CCc1ccc(NC(=O)Cn2nncc2CC(=O)O)cc1. The van der Waals surface area contributed by atoms with Gasteiger partial charge in [-0.1, -0.05) is 24.3 Å². The first-order valence-corrected chi connectivity index (χ1v) is 6.56. The van der Waals surface area contributed by atoms with E-state index in [1.807, 2.05) is 24.3 Å². The smallest absolute Gasteiger partial charge is 0.309 e. The van der Waals surface area contributed by atoms with Crippen LogP contribution in [0.15, 0.2) is 30.5 Å². The monoisotopic (exact) mass is 288 g/mol. The van der Waals surface area contributed by atoms with Gasteiger partial charge in [-0.2, -0.15) is 0 Å². The number of carbonyl (C=O) groups excluding carboxylic acids is 1. The van der Waals surface area contributed by atoms with Crippen molar-refractivity contribution in [1.82, 2.24) is 15.0 Å². The minimum atomic E-state index is -0.992. The van der Waals surface area contributed by atoms with Crippen LogP contribution in [0.2, 0.25) is 0 Å². The molecule has 0 fully saturated rings. The molecule has 0 unspecified atom stereocenters. The van der Waals surface area contributed by atoms with Crippen molar-refractivity contribution in [2.45, 2.75) is 26.3 Å². The second kappa shape index (κ2) is 6.65. The van der Waals surface area contributed by atoms with Gasteiger partial charge in [0, 0.05) is 5.69 Å². The molecule has 1 amide bonds. The Labute approximate surface area is 121 Å². The van der Waals surface area contributed by atoms with E-state index in [1.165, 1.54) is 16.4 Å². The Bertz CT molecular complexity index is 634. The molecule has 0 aliphatic carbocycles. The Morgan fingerprint density at radius 2 is 2.00 bits per heavy atom. The first-order chi connectivity index (χ1) is 10.1. The molecule has 2 rings (SSSR count). The van der Waals surface area contributed by atoms with Gasteiger partial charge in [0.25, 0.3) is 0 Å². The van der Waals surface area contributed by atoms with Crippen LogP contribution in [0.4, 0.5) is 5.69 Å². The number of aryl methyl sites for hydroxylation is 1. The molecule has 0 radical (unpaired) electrons. The summed E-state index contributed by atoms with van der Waals surface area (Å²) >= 11 is 0. The molecule has 0 saturated heterocycles. The quantitative estimate of drug-likeness (QED) is 0.829. The summed E-state index contributed by atoms with van der Waals surface area (Å²) in [7, 11) is 0. The normalized spacial score (nSPS) is 10.3. The molecule has 0 bridgehead atoms. The number of nitrogens with one attached hydrogen (secondary N) is 1. The number of benzene rings is 1. The molecule has 110 valence electrons. The van der Waals surface area contributed by atoms with Crippen LogP contribution in [0, 0.1) is 0 Å². The van der Waals surface area contributed by atoms with Gasteiger partial charge in [0.15, 0.2) is 0 Å². The predicted octanol–water partition coefficient (Wildman–Crippen LogP) is 1.11. The Morgan fingerprint density at radius 1 is 1.29 bits per heavy atom. The molecule has 1 aromatic carbocycles. The summed E-state index contributed by atoms with van der Waals surface area (Å²) in [5.41, 5.74) is 2.27. The Balaban J connectivity index is 1.98. The third kappa shape index (κ3) is 4.13. The summed E-state index contributed by atoms with van der Waals surface area (Å²) < 4.78 is 1.28. The lowest BCUT2D eigenvalue weighted by Crippen LogP contribution is -2.21. The molecule has 0 aliphatic rings. The van der Waals surface area contributed by atoms with Gasteiger partial charge < -0.3 is 10.4 Å². The summed E-state index contributed by atoms with van der Waals surface area (Å²) in [6, 6.07) is 7.55. The maximum absolute atomic E-state index is 11.9. The predicted molar refractivity (Wildman–Crippen MR) is 75.8 cm³/mol. The number of nitrogens with zero attached hydrogens (tertiary/aromatic N) is 3. The van der Waals surface area contributed by atoms with E-state index in [-0.39, 0.29) is 18.9 Å². The zero-order valence-corrected chi connectivity index (χ0v) is 11.6. The number of amides is 1. The second-order valence-corrected chi connectivity index (χ2v) is 4.55. The van der Waals surface area contributed by atoms with Crippen molar-refractivity contribution in [1.29, 1.82) is 0 Å². The third-order valence-corrected chi connectivity index (χ3v) is 2.97. The fourth-order valence-corrected chi connectivity index (χ4v) is 1.86. The maximum Gasteiger partial charge on any atom is 0.309 e. The van der Waals surface area contributed by atoms with Gasteiger partial charge in [0.05, 0.1) is 18.3 Å². The number of aromatic nitrogens is 3. The van der Waals surface area contributed by atoms with Crippen molar-refractivity contribution in [3.8, 4) is 0 Å². The average Bonchev–Trinajstić information content (AvgIpc) is 2.86. The number of carboxylic acids is 1. The largest absolute Gasteiger partial charge is 0.481 e. The molecule has 0 saturated carbocycles. The Kier molecular flexibility index (Phi) is 4.65. The molecule has 1 heterocycles. The van der Waals surface area contributed by atoms with Crippen LogP contribution in [-0.4, -0.2) is 32.0 Å². The molecular weight excluding hydrogens is 272 g/mol. The fourth-order valence-electron chi connectivity index (χ4n) is 1.86.